The highest BCUT2D eigenvalue weighted by Crippen LogP contribution is 2.33. The summed E-state index contributed by atoms with van der Waals surface area (Å²) in [5, 5.41) is 12.4. The van der Waals surface area contributed by atoms with Gasteiger partial charge in [0.2, 0.25) is 0 Å². The molecule has 0 unspecified atom stereocenters. The first-order chi connectivity index (χ1) is 8.65. The lowest BCUT2D eigenvalue weighted by molar-refractivity contribution is -0.142. The molecule has 0 bridgehead atoms. The van der Waals surface area contributed by atoms with Gasteiger partial charge in [-0.15, -0.1) is 0 Å². The third-order valence-corrected chi connectivity index (χ3v) is 3.32. The second-order valence-electron chi connectivity index (χ2n) is 4.89. The Morgan fingerprint density at radius 2 is 2.17 bits per heavy atom. The molecule has 0 amide bonds. The summed E-state index contributed by atoms with van der Waals surface area (Å²) in [5.74, 6) is 1.24. The molecule has 0 saturated heterocycles. The molecule has 2 rings (SSSR count). The molecule has 1 fully saturated rings. The lowest BCUT2D eigenvalue weighted by Crippen LogP contribution is -2.12. The van der Waals surface area contributed by atoms with Crippen LogP contribution >= 0.6 is 0 Å². The van der Waals surface area contributed by atoms with Crippen molar-refractivity contribution in [3.63, 3.8) is 0 Å². The van der Waals surface area contributed by atoms with Crippen LogP contribution in [0.2, 0.25) is 0 Å². The van der Waals surface area contributed by atoms with E-state index < -0.39 is 5.97 Å². The van der Waals surface area contributed by atoms with Crippen molar-refractivity contribution in [3.05, 3.63) is 11.7 Å². The summed E-state index contributed by atoms with van der Waals surface area (Å²) < 4.78 is 9.95. The number of hydrogen-bond acceptors (Lipinski definition) is 5. The lowest BCUT2D eigenvalue weighted by atomic mass is 9.83. The first kappa shape index (κ1) is 13.0. The molecule has 6 heteroatoms. The Balaban J connectivity index is 1.84. The SMILES string of the molecule is CC1CCC(c2noc(COCC(=O)O)n2)CC1. The van der Waals surface area contributed by atoms with Crippen LogP contribution in [-0.2, 0) is 16.1 Å². The second-order valence-corrected chi connectivity index (χ2v) is 4.89. The number of rotatable bonds is 5. The summed E-state index contributed by atoms with van der Waals surface area (Å²) >= 11 is 0. The molecule has 0 aliphatic heterocycles. The first-order valence-corrected chi connectivity index (χ1v) is 6.27. The molecule has 0 aromatic carbocycles. The number of carboxylic acids is 1. The largest absolute Gasteiger partial charge is 0.480 e. The van der Waals surface area contributed by atoms with Crippen molar-refractivity contribution in [3.8, 4) is 0 Å². The zero-order chi connectivity index (χ0) is 13.0. The Morgan fingerprint density at radius 3 is 2.83 bits per heavy atom. The summed E-state index contributed by atoms with van der Waals surface area (Å²) in [6.45, 7) is 1.97. The van der Waals surface area contributed by atoms with Gasteiger partial charge in [-0.05, 0) is 18.8 Å². The number of carbonyl (C=O) groups is 1. The third kappa shape index (κ3) is 3.53. The highest BCUT2D eigenvalue weighted by atomic mass is 16.5. The molecule has 1 aromatic rings. The number of aliphatic carboxylic acids is 1. The average molecular weight is 254 g/mol. The Bertz CT molecular complexity index is 397. The normalized spacial score (nSPS) is 24.1. The zero-order valence-corrected chi connectivity index (χ0v) is 10.5. The van der Waals surface area contributed by atoms with Gasteiger partial charge in [0.15, 0.2) is 5.82 Å². The van der Waals surface area contributed by atoms with Gasteiger partial charge in [-0.1, -0.05) is 24.9 Å². The van der Waals surface area contributed by atoms with Gasteiger partial charge < -0.3 is 14.4 Å². The van der Waals surface area contributed by atoms with E-state index in [2.05, 4.69) is 17.1 Å². The van der Waals surface area contributed by atoms with Gasteiger partial charge in [0, 0.05) is 5.92 Å². The lowest BCUT2D eigenvalue weighted by Gasteiger charge is -2.23. The fourth-order valence-electron chi connectivity index (χ4n) is 2.24. The molecule has 0 atom stereocenters. The van der Waals surface area contributed by atoms with Crippen molar-refractivity contribution < 1.29 is 19.2 Å². The summed E-state index contributed by atoms with van der Waals surface area (Å²) in [7, 11) is 0. The van der Waals surface area contributed by atoms with Crippen molar-refractivity contribution in [1.29, 1.82) is 0 Å². The van der Waals surface area contributed by atoms with Gasteiger partial charge in [0.05, 0.1) is 0 Å². The molecular weight excluding hydrogens is 236 g/mol. The van der Waals surface area contributed by atoms with Crippen molar-refractivity contribution >= 4 is 5.97 Å². The van der Waals surface area contributed by atoms with Crippen LogP contribution < -0.4 is 0 Å². The molecule has 1 N–H and O–H groups in total. The van der Waals surface area contributed by atoms with Gasteiger partial charge >= 0.3 is 5.97 Å². The predicted octanol–water partition coefficient (Wildman–Crippen LogP) is 1.96. The summed E-state index contributed by atoms with van der Waals surface area (Å²) in [6.07, 6.45) is 4.58. The number of nitrogens with zero attached hydrogens (tertiary/aromatic N) is 2. The average Bonchev–Trinajstić information content (AvgIpc) is 2.78. The van der Waals surface area contributed by atoms with Crippen LogP contribution in [0.15, 0.2) is 4.52 Å². The Labute approximate surface area is 105 Å². The number of ether oxygens (including phenoxy) is 1. The van der Waals surface area contributed by atoms with Crippen LogP contribution in [0.3, 0.4) is 0 Å². The second kappa shape index (κ2) is 5.95. The molecule has 1 aliphatic carbocycles. The van der Waals surface area contributed by atoms with Crippen molar-refractivity contribution in [1.82, 2.24) is 10.1 Å². The number of aromatic nitrogens is 2. The van der Waals surface area contributed by atoms with E-state index in [9.17, 15) is 4.79 Å². The molecule has 6 nitrogen and oxygen atoms in total. The Hall–Kier alpha value is -1.43. The van der Waals surface area contributed by atoms with Gasteiger partial charge in [-0.25, -0.2) is 4.79 Å². The number of carboxylic acid groups (broad SMARTS) is 1. The van der Waals surface area contributed by atoms with Gasteiger partial charge in [-0.3, -0.25) is 0 Å². The van der Waals surface area contributed by atoms with Crippen LogP contribution in [0.4, 0.5) is 0 Å². The molecule has 100 valence electrons. The molecule has 18 heavy (non-hydrogen) atoms. The topological polar surface area (TPSA) is 85.5 Å². The molecule has 0 spiro atoms. The van der Waals surface area contributed by atoms with Crippen molar-refractivity contribution in [2.75, 3.05) is 6.61 Å². The fourth-order valence-corrected chi connectivity index (χ4v) is 2.24. The molecular formula is C12H18N2O4. The summed E-state index contributed by atoms with van der Waals surface area (Å²) in [5.41, 5.74) is 0. The summed E-state index contributed by atoms with van der Waals surface area (Å²) in [4.78, 5) is 14.5. The van der Waals surface area contributed by atoms with E-state index in [1.807, 2.05) is 0 Å². The van der Waals surface area contributed by atoms with Crippen molar-refractivity contribution in [2.45, 2.75) is 45.1 Å². The van der Waals surface area contributed by atoms with E-state index in [0.29, 0.717) is 11.8 Å². The standard InChI is InChI=1S/C12H18N2O4/c1-8-2-4-9(5-3-8)12-13-10(18-14-12)6-17-7-11(15)16/h8-9H,2-7H2,1H3,(H,15,16). The van der Waals surface area contributed by atoms with Crippen molar-refractivity contribution in [2.24, 2.45) is 5.92 Å². The monoisotopic (exact) mass is 254 g/mol. The van der Waals surface area contributed by atoms with E-state index in [0.717, 1.165) is 24.6 Å². The quantitative estimate of drug-likeness (QED) is 0.864. The minimum absolute atomic E-state index is 0.0580. The van der Waals surface area contributed by atoms with E-state index in [1.165, 1.54) is 12.8 Å². The minimum Gasteiger partial charge on any atom is -0.480 e. The van der Waals surface area contributed by atoms with Gasteiger partial charge in [0.1, 0.15) is 13.2 Å². The molecule has 1 saturated carbocycles. The van der Waals surface area contributed by atoms with E-state index in [1.54, 1.807) is 0 Å². The summed E-state index contributed by atoms with van der Waals surface area (Å²) in [6, 6.07) is 0. The van der Waals surface area contributed by atoms with Crippen LogP contribution in [-0.4, -0.2) is 27.8 Å². The van der Waals surface area contributed by atoms with Crippen LogP contribution in [0.5, 0.6) is 0 Å². The van der Waals surface area contributed by atoms with Crippen LogP contribution in [0.1, 0.15) is 50.2 Å². The maximum atomic E-state index is 10.3. The molecule has 1 heterocycles. The Kier molecular flexibility index (Phi) is 4.30. The van der Waals surface area contributed by atoms with Crippen LogP contribution in [0, 0.1) is 5.92 Å². The molecule has 1 aromatic heterocycles. The van der Waals surface area contributed by atoms with Gasteiger partial charge in [-0.2, -0.15) is 4.98 Å². The predicted molar refractivity (Wildman–Crippen MR) is 62.0 cm³/mol. The first-order valence-electron chi connectivity index (χ1n) is 6.27. The third-order valence-electron chi connectivity index (χ3n) is 3.32. The fraction of sp³-hybridized carbons (Fsp3) is 0.750. The number of hydrogen-bond donors (Lipinski definition) is 1. The van der Waals surface area contributed by atoms with E-state index >= 15 is 0 Å². The van der Waals surface area contributed by atoms with E-state index in [4.69, 9.17) is 14.4 Å². The van der Waals surface area contributed by atoms with E-state index in [-0.39, 0.29) is 13.2 Å². The Morgan fingerprint density at radius 1 is 1.44 bits per heavy atom. The highest BCUT2D eigenvalue weighted by molar-refractivity contribution is 5.67. The minimum atomic E-state index is -1.00. The smallest absolute Gasteiger partial charge is 0.329 e. The van der Waals surface area contributed by atoms with Gasteiger partial charge in [0.25, 0.3) is 5.89 Å². The maximum absolute atomic E-state index is 10.3. The maximum Gasteiger partial charge on any atom is 0.329 e. The highest BCUT2D eigenvalue weighted by Gasteiger charge is 2.23. The van der Waals surface area contributed by atoms with Crippen LogP contribution in [0.25, 0.3) is 0 Å². The molecule has 1 aliphatic rings. The molecule has 0 radical (unpaired) electrons. The zero-order valence-electron chi connectivity index (χ0n) is 10.5.